The first-order valence-electron chi connectivity index (χ1n) is 17.2. The van der Waals surface area contributed by atoms with Crippen molar-refractivity contribution in [1.29, 1.82) is 0 Å². The number of fused-ring (bicyclic) bond motifs is 12. The highest BCUT2D eigenvalue weighted by Crippen LogP contribution is 2.41. The maximum absolute atomic E-state index is 6.47. The summed E-state index contributed by atoms with van der Waals surface area (Å²) in [5.74, 6) is 0.847. The summed E-state index contributed by atoms with van der Waals surface area (Å²) in [7, 11) is 0. The second-order valence-electron chi connectivity index (χ2n) is 12.5. The molecule has 0 spiro atoms. The van der Waals surface area contributed by atoms with Crippen molar-refractivity contribution < 1.29 is 17.7 Å². The quantitative estimate of drug-likeness (QED) is 0.158. The van der Waals surface area contributed by atoms with Gasteiger partial charge in [0.15, 0.2) is 0 Å². The second kappa shape index (κ2) is 13.2. The minimum atomic E-state index is 0.806. The predicted molar refractivity (Wildman–Crippen MR) is 221 cm³/mol. The first-order chi connectivity index (χ1) is 25.5. The van der Waals surface area contributed by atoms with Crippen molar-refractivity contribution in [1.82, 2.24) is 0 Å². The van der Waals surface area contributed by atoms with Crippen molar-refractivity contribution in [2.45, 2.75) is 13.8 Å². The summed E-state index contributed by atoms with van der Waals surface area (Å²) in [6.45, 7) is 18.8. The summed E-state index contributed by atoms with van der Waals surface area (Å²) in [5.41, 5.74) is 11.1. The fraction of sp³-hybridized carbons (Fsp3) is 0.0417. The summed E-state index contributed by atoms with van der Waals surface area (Å²) in [5, 5.41) is 7.25. The molecule has 0 radical (unpaired) electrons. The molecule has 0 aliphatic carbocycles. The van der Waals surface area contributed by atoms with Gasteiger partial charge in [-0.3, -0.25) is 0 Å². The summed E-state index contributed by atoms with van der Waals surface area (Å²) in [6.07, 6.45) is 15.2. The first-order valence-corrected chi connectivity index (χ1v) is 17.2. The van der Waals surface area contributed by atoms with Gasteiger partial charge in [-0.2, -0.15) is 0 Å². The van der Waals surface area contributed by atoms with Gasteiger partial charge in [0.25, 0.3) is 0 Å². The standard InChI is InChI=1S/C44H30O4.C4H6/c1-5-8-11-30-25(4)45-39-20-16-31-34-23-28(14-18-37(34)47-43(31)41(30)39)26(6-2)22-27(7-3)29-15-19-38-35(24-29)32-17-21-40-42(44(32)48-38)33-12-9-10-13-36(33)46-40;1-3-4-2/h5-24H,1,3H2,2,4H3;3-4H,1-2H2/b11-8-,26-6+,27-22+;. The number of furan rings is 4. The molecule has 0 N–H and O–H groups in total. The lowest BCUT2D eigenvalue weighted by Crippen LogP contribution is -1.85. The lowest BCUT2D eigenvalue weighted by Gasteiger charge is -2.07. The van der Waals surface area contributed by atoms with Crippen LogP contribution < -0.4 is 0 Å². The number of hydrogen-bond donors (Lipinski definition) is 0. The van der Waals surface area contributed by atoms with E-state index in [-0.39, 0.29) is 0 Å². The van der Waals surface area contributed by atoms with Gasteiger partial charge in [-0.1, -0.05) is 99.2 Å². The monoisotopic (exact) mass is 676 g/mol. The molecule has 0 aliphatic heterocycles. The Labute approximate surface area is 300 Å². The molecule has 252 valence electrons. The molecule has 0 unspecified atom stereocenters. The normalized spacial score (nSPS) is 12.5. The highest BCUT2D eigenvalue weighted by Gasteiger charge is 2.19. The molecule has 0 saturated carbocycles. The molecule has 4 aromatic heterocycles. The third-order valence-corrected chi connectivity index (χ3v) is 9.56. The largest absolute Gasteiger partial charge is 0.461 e. The Morgan fingerprint density at radius 3 is 1.73 bits per heavy atom. The maximum Gasteiger partial charge on any atom is 0.147 e. The van der Waals surface area contributed by atoms with Gasteiger partial charge in [0, 0.05) is 32.5 Å². The summed E-state index contributed by atoms with van der Waals surface area (Å²) >= 11 is 0. The van der Waals surface area contributed by atoms with Gasteiger partial charge in [0.2, 0.25) is 0 Å². The van der Waals surface area contributed by atoms with E-state index in [4.69, 9.17) is 17.7 Å². The van der Waals surface area contributed by atoms with Crippen molar-refractivity contribution in [2.24, 2.45) is 0 Å². The van der Waals surface area contributed by atoms with Gasteiger partial charge >= 0.3 is 0 Å². The van der Waals surface area contributed by atoms with Gasteiger partial charge in [-0.05, 0) is 96.8 Å². The molecule has 0 atom stereocenters. The van der Waals surface area contributed by atoms with Crippen LogP contribution in [0.3, 0.4) is 0 Å². The molecule has 0 amide bonds. The van der Waals surface area contributed by atoms with Gasteiger partial charge < -0.3 is 17.7 Å². The Morgan fingerprint density at radius 1 is 0.538 bits per heavy atom. The van der Waals surface area contributed by atoms with Crippen LogP contribution in [-0.2, 0) is 0 Å². The Hall–Kier alpha value is -6.78. The lowest BCUT2D eigenvalue weighted by molar-refractivity contribution is 0.577. The van der Waals surface area contributed by atoms with E-state index in [2.05, 4.69) is 93.9 Å². The van der Waals surface area contributed by atoms with Crippen LogP contribution in [-0.4, -0.2) is 0 Å². The van der Waals surface area contributed by atoms with Gasteiger partial charge in [-0.15, -0.1) is 0 Å². The number of para-hydroxylation sites is 1. The van der Waals surface area contributed by atoms with Gasteiger partial charge in [-0.25, -0.2) is 0 Å². The van der Waals surface area contributed by atoms with Crippen LogP contribution >= 0.6 is 0 Å². The average Bonchev–Trinajstić information content (AvgIpc) is 3.93. The molecule has 9 aromatic rings. The summed E-state index contributed by atoms with van der Waals surface area (Å²) < 4.78 is 25.1. The number of aryl methyl sites for hydroxylation is 1. The van der Waals surface area contributed by atoms with E-state index in [0.717, 1.165) is 110 Å². The summed E-state index contributed by atoms with van der Waals surface area (Å²) in [6, 6.07) is 29.0. The van der Waals surface area contributed by atoms with Gasteiger partial charge in [0.1, 0.15) is 44.8 Å². The Balaban J connectivity index is 0.000000922. The molecule has 0 saturated heterocycles. The van der Waals surface area contributed by atoms with Crippen LogP contribution in [0.2, 0.25) is 0 Å². The van der Waals surface area contributed by atoms with Crippen LogP contribution in [0.4, 0.5) is 0 Å². The Morgan fingerprint density at radius 2 is 1.12 bits per heavy atom. The Bertz CT molecular complexity index is 2990. The summed E-state index contributed by atoms with van der Waals surface area (Å²) in [4.78, 5) is 0. The van der Waals surface area contributed by atoms with Crippen molar-refractivity contribution in [3.63, 3.8) is 0 Å². The van der Waals surface area contributed by atoms with Crippen LogP contribution in [0.1, 0.15) is 29.4 Å². The van der Waals surface area contributed by atoms with Crippen LogP contribution in [0.15, 0.2) is 171 Å². The van der Waals surface area contributed by atoms with Crippen molar-refractivity contribution in [3.8, 4) is 0 Å². The number of allylic oxidation sites excluding steroid dienone is 9. The molecule has 0 bridgehead atoms. The molecular weight excluding hydrogens is 641 g/mol. The molecular formula is C48H36O4. The highest BCUT2D eigenvalue weighted by atomic mass is 16.4. The van der Waals surface area contributed by atoms with Crippen LogP contribution in [0.5, 0.6) is 0 Å². The lowest BCUT2D eigenvalue weighted by atomic mass is 9.96. The molecule has 9 rings (SSSR count). The zero-order valence-corrected chi connectivity index (χ0v) is 29.2. The number of rotatable bonds is 7. The molecule has 4 heteroatoms. The SMILES string of the molecule is C=C/C=C\c1c(C)oc2ccc3c4cc(C(/C=C(\C=C)c5ccc6oc7c(ccc8oc9ccccc9c87)c6c5)=C/C)ccc4oc3c12.C=CC=C. The number of hydrogen-bond acceptors (Lipinski definition) is 4. The predicted octanol–water partition coefficient (Wildman–Crippen LogP) is 14.7. The minimum Gasteiger partial charge on any atom is -0.461 e. The van der Waals surface area contributed by atoms with E-state index in [1.165, 1.54) is 0 Å². The average molecular weight is 677 g/mol. The van der Waals surface area contributed by atoms with Gasteiger partial charge in [0.05, 0.1) is 10.8 Å². The van der Waals surface area contributed by atoms with E-state index >= 15 is 0 Å². The third kappa shape index (κ3) is 5.24. The maximum atomic E-state index is 6.47. The van der Waals surface area contributed by atoms with Crippen LogP contribution in [0.25, 0.3) is 94.0 Å². The van der Waals surface area contributed by atoms with E-state index in [1.54, 1.807) is 18.2 Å². The molecule has 4 nitrogen and oxygen atoms in total. The highest BCUT2D eigenvalue weighted by molar-refractivity contribution is 6.22. The van der Waals surface area contributed by atoms with Crippen molar-refractivity contribution >= 4 is 94.0 Å². The third-order valence-electron chi connectivity index (χ3n) is 9.56. The molecule has 0 fully saturated rings. The molecule has 0 aliphatic rings. The molecule has 4 heterocycles. The smallest absolute Gasteiger partial charge is 0.147 e. The minimum absolute atomic E-state index is 0.806. The van der Waals surface area contributed by atoms with Crippen molar-refractivity contribution in [2.75, 3.05) is 0 Å². The first kappa shape index (κ1) is 32.4. The zero-order chi connectivity index (χ0) is 35.9. The second-order valence-corrected chi connectivity index (χ2v) is 12.5. The van der Waals surface area contributed by atoms with Crippen molar-refractivity contribution in [3.05, 3.63) is 176 Å². The van der Waals surface area contributed by atoms with E-state index < -0.39 is 0 Å². The molecule has 5 aromatic carbocycles. The topological polar surface area (TPSA) is 52.6 Å². The fourth-order valence-electron chi connectivity index (χ4n) is 7.09. The molecule has 52 heavy (non-hydrogen) atoms. The van der Waals surface area contributed by atoms with E-state index in [0.29, 0.717) is 0 Å². The van der Waals surface area contributed by atoms with Crippen LogP contribution in [0, 0.1) is 6.92 Å². The number of benzene rings is 5. The Kier molecular flexibility index (Phi) is 8.21. The zero-order valence-electron chi connectivity index (χ0n) is 29.2. The van der Waals surface area contributed by atoms with E-state index in [1.807, 2.05) is 61.5 Å². The van der Waals surface area contributed by atoms with E-state index in [9.17, 15) is 0 Å². The fourth-order valence-corrected chi connectivity index (χ4v) is 7.09.